The highest BCUT2D eigenvalue weighted by Gasteiger charge is 2.38. The molecule has 0 bridgehead atoms. The van der Waals surface area contributed by atoms with Crippen LogP contribution in [0.1, 0.15) is 17.2 Å². The second-order valence-electron chi connectivity index (χ2n) is 4.27. The second kappa shape index (κ2) is 5.11. The first-order valence-electron chi connectivity index (χ1n) is 5.81. The molecule has 1 atom stereocenters. The molecule has 1 aromatic carbocycles. The summed E-state index contributed by atoms with van der Waals surface area (Å²) in [6.45, 7) is 0. The molecule has 1 aliphatic rings. The molecule has 3 rings (SSSR count). The lowest BCUT2D eigenvalue weighted by atomic mass is 9.79. The zero-order valence-corrected chi connectivity index (χ0v) is 12.4. The number of ether oxygens (including phenoxy) is 1. The fourth-order valence-corrected chi connectivity index (χ4v) is 3.16. The van der Waals surface area contributed by atoms with Crippen LogP contribution in [0, 0.1) is 3.57 Å². The number of aromatic nitrogens is 1. The van der Waals surface area contributed by atoms with E-state index in [1.54, 1.807) is 19.5 Å². The first-order valence-corrected chi connectivity index (χ1v) is 6.89. The van der Waals surface area contributed by atoms with Crippen molar-refractivity contribution in [3.63, 3.8) is 0 Å². The van der Waals surface area contributed by atoms with Crippen molar-refractivity contribution >= 4 is 35.2 Å². The molecular weight excluding hydrogens is 356 g/mol. The summed E-state index contributed by atoms with van der Waals surface area (Å²) in [5.74, 6) is 0.720. The summed E-state index contributed by atoms with van der Waals surface area (Å²) >= 11 is 2.24. The van der Waals surface area contributed by atoms with Crippen LogP contribution in [0.15, 0.2) is 36.7 Å². The maximum Gasteiger partial charge on any atom is 0.492 e. The van der Waals surface area contributed by atoms with Crippen molar-refractivity contribution in [2.45, 2.75) is 6.10 Å². The van der Waals surface area contributed by atoms with E-state index >= 15 is 0 Å². The van der Waals surface area contributed by atoms with Crippen LogP contribution < -0.4 is 10.2 Å². The van der Waals surface area contributed by atoms with E-state index < -0.39 is 7.12 Å². The number of hydrogen-bond donors (Lipinski definition) is 1. The molecule has 0 amide bonds. The lowest BCUT2D eigenvalue weighted by molar-refractivity contribution is 0.225. The van der Waals surface area contributed by atoms with Gasteiger partial charge in [0.25, 0.3) is 0 Å². The molecule has 0 spiro atoms. The average Bonchev–Trinajstić information content (AvgIpc) is 2.78. The Kier molecular flexibility index (Phi) is 3.47. The van der Waals surface area contributed by atoms with Crippen LogP contribution in [0.4, 0.5) is 0 Å². The van der Waals surface area contributed by atoms with Crippen molar-refractivity contribution < 1.29 is 14.4 Å². The van der Waals surface area contributed by atoms with Crippen molar-refractivity contribution in [2.75, 3.05) is 7.11 Å². The van der Waals surface area contributed by atoms with E-state index in [2.05, 4.69) is 27.6 Å². The largest absolute Gasteiger partial charge is 0.497 e. The molecule has 1 aliphatic heterocycles. The van der Waals surface area contributed by atoms with Gasteiger partial charge in [0, 0.05) is 21.5 Å². The quantitative estimate of drug-likeness (QED) is 0.646. The maximum atomic E-state index is 10.1. The van der Waals surface area contributed by atoms with E-state index in [-0.39, 0.29) is 6.10 Å². The molecule has 6 heteroatoms. The maximum absolute atomic E-state index is 10.1. The Bertz CT molecular complexity index is 608. The average molecular weight is 367 g/mol. The Balaban J connectivity index is 2.12. The molecule has 0 saturated heterocycles. The van der Waals surface area contributed by atoms with E-state index in [0.717, 1.165) is 25.9 Å². The van der Waals surface area contributed by atoms with Gasteiger partial charge in [-0.15, -0.1) is 0 Å². The molecule has 0 radical (unpaired) electrons. The standard InChI is InChI=1S/C13H11BINO3/c1-18-9-5-10-12(11(15)6-9)13(19-14(10)17)8-3-2-4-16-7-8/h2-7,13,17H,1H3. The van der Waals surface area contributed by atoms with Crippen molar-refractivity contribution in [1.82, 2.24) is 4.98 Å². The van der Waals surface area contributed by atoms with E-state index in [9.17, 15) is 5.02 Å². The van der Waals surface area contributed by atoms with E-state index in [1.165, 1.54) is 0 Å². The number of pyridine rings is 1. The first-order chi connectivity index (χ1) is 9.20. The topological polar surface area (TPSA) is 51.6 Å². The summed E-state index contributed by atoms with van der Waals surface area (Å²) in [6.07, 6.45) is 3.19. The molecule has 0 aliphatic carbocycles. The molecule has 96 valence electrons. The number of hydrogen-bond acceptors (Lipinski definition) is 4. The van der Waals surface area contributed by atoms with Gasteiger partial charge in [-0.25, -0.2) is 0 Å². The minimum Gasteiger partial charge on any atom is -0.497 e. The summed E-state index contributed by atoms with van der Waals surface area (Å²) < 4.78 is 11.9. The van der Waals surface area contributed by atoms with Gasteiger partial charge in [0.15, 0.2) is 0 Å². The molecule has 1 unspecified atom stereocenters. The lowest BCUT2D eigenvalue weighted by Crippen LogP contribution is -2.28. The van der Waals surface area contributed by atoms with Crippen LogP contribution in [0.5, 0.6) is 5.75 Å². The fourth-order valence-electron chi connectivity index (χ4n) is 2.26. The van der Waals surface area contributed by atoms with Gasteiger partial charge >= 0.3 is 7.12 Å². The molecule has 0 saturated carbocycles. The van der Waals surface area contributed by atoms with E-state index in [4.69, 9.17) is 9.39 Å². The van der Waals surface area contributed by atoms with Gasteiger partial charge in [0.05, 0.1) is 13.2 Å². The van der Waals surface area contributed by atoms with E-state index in [1.807, 2.05) is 24.3 Å². The van der Waals surface area contributed by atoms with Gasteiger partial charge in [-0.05, 0) is 51.8 Å². The molecule has 1 aromatic heterocycles. The summed E-state index contributed by atoms with van der Waals surface area (Å²) in [7, 11) is 0.683. The Morgan fingerprint density at radius 3 is 3.00 bits per heavy atom. The van der Waals surface area contributed by atoms with Gasteiger partial charge < -0.3 is 14.4 Å². The van der Waals surface area contributed by atoms with Crippen LogP contribution in [0.3, 0.4) is 0 Å². The molecule has 2 heterocycles. The smallest absolute Gasteiger partial charge is 0.492 e. The number of methoxy groups -OCH3 is 1. The normalized spacial score (nSPS) is 17.4. The number of nitrogens with zero attached hydrogens (tertiary/aromatic N) is 1. The third-order valence-electron chi connectivity index (χ3n) is 3.15. The van der Waals surface area contributed by atoms with Gasteiger partial charge in [-0.3, -0.25) is 4.98 Å². The van der Waals surface area contributed by atoms with Crippen molar-refractivity contribution in [2.24, 2.45) is 0 Å². The zero-order valence-electron chi connectivity index (χ0n) is 10.2. The van der Waals surface area contributed by atoms with Gasteiger partial charge in [0.1, 0.15) is 5.75 Å². The number of rotatable bonds is 2. The number of halogens is 1. The van der Waals surface area contributed by atoms with Gasteiger partial charge in [-0.1, -0.05) is 6.07 Å². The van der Waals surface area contributed by atoms with Crippen molar-refractivity contribution in [3.8, 4) is 5.75 Å². The summed E-state index contributed by atoms with van der Waals surface area (Å²) in [5, 5.41) is 10.1. The second-order valence-corrected chi connectivity index (χ2v) is 5.43. The summed E-state index contributed by atoms with van der Waals surface area (Å²) in [4.78, 5) is 4.10. The molecule has 0 fully saturated rings. The fraction of sp³-hybridized carbons (Fsp3) is 0.154. The highest BCUT2D eigenvalue weighted by Crippen LogP contribution is 2.34. The molecule has 4 nitrogen and oxygen atoms in total. The minimum absolute atomic E-state index is 0.281. The Hall–Kier alpha value is -1.12. The minimum atomic E-state index is -0.927. The van der Waals surface area contributed by atoms with Crippen LogP contribution in [-0.2, 0) is 4.65 Å². The molecule has 2 aromatic rings. The molecule has 1 N–H and O–H groups in total. The Morgan fingerprint density at radius 1 is 1.47 bits per heavy atom. The molecular formula is C13H11BINO3. The van der Waals surface area contributed by atoms with Gasteiger partial charge in [0.2, 0.25) is 0 Å². The monoisotopic (exact) mass is 367 g/mol. The highest BCUT2D eigenvalue weighted by atomic mass is 127. The van der Waals surface area contributed by atoms with Crippen LogP contribution in [0.2, 0.25) is 0 Å². The third-order valence-corrected chi connectivity index (χ3v) is 4.04. The zero-order chi connectivity index (χ0) is 13.4. The number of benzene rings is 1. The van der Waals surface area contributed by atoms with E-state index in [0.29, 0.717) is 0 Å². The predicted octanol–water partition coefficient (Wildman–Crippen LogP) is 1.50. The lowest BCUT2D eigenvalue weighted by Gasteiger charge is -2.14. The summed E-state index contributed by atoms with van der Waals surface area (Å²) in [6, 6.07) is 7.56. The highest BCUT2D eigenvalue weighted by molar-refractivity contribution is 14.1. The summed E-state index contributed by atoms with van der Waals surface area (Å²) in [5.41, 5.74) is 2.68. The first kappa shape index (κ1) is 12.9. The SMILES string of the molecule is COc1cc(I)c2c(c1)B(O)OC2c1cccnc1. The Labute approximate surface area is 125 Å². The van der Waals surface area contributed by atoms with Crippen LogP contribution >= 0.6 is 22.6 Å². The van der Waals surface area contributed by atoms with Crippen molar-refractivity contribution in [1.29, 1.82) is 0 Å². The Morgan fingerprint density at radius 2 is 2.32 bits per heavy atom. The van der Waals surface area contributed by atoms with Gasteiger partial charge in [-0.2, -0.15) is 0 Å². The van der Waals surface area contributed by atoms with Crippen LogP contribution in [-0.4, -0.2) is 24.2 Å². The third kappa shape index (κ3) is 2.24. The predicted molar refractivity (Wildman–Crippen MR) is 80.5 cm³/mol. The van der Waals surface area contributed by atoms with Crippen LogP contribution in [0.25, 0.3) is 0 Å². The van der Waals surface area contributed by atoms with Crippen molar-refractivity contribution in [3.05, 3.63) is 51.4 Å². The number of fused-ring (bicyclic) bond motifs is 1. The molecule has 19 heavy (non-hydrogen) atoms.